The van der Waals surface area contributed by atoms with Crippen LogP contribution in [0, 0.1) is 5.92 Å². The van der Waals surface area contributed by atoms with Crippen LogP contribution < -0.4 is 4.90 Å². The van der Waals surface area contributed by atoms with Crippen LogP contribution in [0.4, 0.5) is 5.69 Å². The van der Waals surface area contributed by atoms with Gasteiger partial charge in [0.05, 0.1) is 24.0 Å². The first-order valence-corrected chi connectivity index (χ1v) is 8.71. The first-order valence-electron chi connectivity index (χ1n) is 8.71. The highest BCUT2D eigenvalue weighted by Gasteiger charge is 2.43. The van der Waals surface area contributed by atoms with Crippen LogP contribution in [0.3, 0.4) is 0 Å². The number of rotatable bonds is 2. The second-order valence-electron chi connectivity index (χ2n) is 7.32. The zero-order valence-electron chi connectivity index (χ0n) is 14.0. The molecule has 126 valence electrons. The lowest BCUT2D eigenvalue weighted by Crippen LogP contribution is -2.42. The molecule has 1 aliphatic carbocycles. The summed E-state index contributed by atoms with van der Waals surface area (Å²) in [6.07, 6.45) is 6.44. The number of carbonyl (C=O) groups is 1. The fourth-order valence-corrected chi connectivity index (χ4v) is 4.38. The van der Waals surface area contributed by atoms with Gasteiger partial charge < -0.3 is 10.0 Å². The molecule has 1 saturated heterocycles. The number of nitrogens with zero attached hydrogens (tertiary/aromatic N) is 3. The molecule has 0 saturated carbocycles. The summed E-state index contributed by atoms with van der Waals surface area (Å²) < 4.78 is 0. The molecule has 1 fully saturated rings. The molecule has 1 N–H and O–H groups in total. The Kier molecular flexibility index (Phi) is 3.76. The van der Waals surface area contributed by atoms with Crippen molar-refractivity contribution in [2.24, 2.45) is 10.9 Å². The number of hydrogen-bond acceptors (Lipinski definition) is 5. The normalized spacial score (nSPS) is 28.2. The number of aliphatic imine (C=N–C) groups is 1. The molecule has 5 nitrogen and oxygen atoms in total. The molecule has 3 heterocycles. The van der Waals surface area contributed by atoms with Crippen LogP contribution in [-0.4, -0.2) is 46.8 Å². The highest BCUT2D eigenvalue weighted by Crippen LogP contribution is 2.40. The maximum Gasteiger partial charge on any atom is 0.140 e. The molecule has 0 radical (unpaired) electrons. The lowest BCUT2D eigenvalue weighted by Gasteiger charge is -2.37. The van der Waals surface area contributed by atoms with Crippen LogP contribution in [0.15, 0.2) is 40.7 Å². The van der Waals surface area contributed by atoms with Gasteiger partial charge in [0.25, 0.3) is 0 Å². The number of hydrogen-bond donors (Lipinski definition) is 1. The van der Waals surface area contributed by atoms with Crippen molar-refractivity contribution in [3.8, 4) is 0 Å². The molecule has 0 bridgehead atoms. The largest absolute Gasteiger partial charge is 0.385 e. The van der Waals surface area contributed by atoms with Crippen molar-refractivity contribution in [3.05, 3.63) is 35.7 Å². The quantitative estimate of drug-likeness (QED) is 0.905. The lowest BCUT2D eigenvalue weighted by molar-refractivity contribution is -0.122. The maximum atomic E-state index is 11.8. The van der Waals surface area contributed by atoms with Crippen molar-refractivity contribution in [1.29, 1.82) is 0 Å². The number of anilines is 1. The van der Waals surface area contributed by atoms with E-state index in [1.165, 1.54) is 5.69 Å². The Morgan fingerprint density at radius 2 is 2.12 bits per heavy atom. The van der Waals surface area contributed by atoms with E-state index in [0.29, 0.717) is 18.9 Å². The van der Waals surface area contributed by atoms with E-state index in [1.807, 2.05) is 12.3 Å². The summed E-state index contributed by atoms with van der Waals surface area (Å²) in [7, 11) is 0. The van der Waals surface area contributed by atoms with Gasteiger partial charge in [0.15, 0.2) is 0 Å². The number of Topliss-reactive ketones (excluding diaryl/α,β-unsaturated/α-hetero) is 1. The van der Waals surface area contributed by atoms with E-state index in [1.54, 1.807) is 13.1 Å². The van der Waals surface area contributed by atoms with Gasteiger partial charge in [-0.15, -0.1) is 0 Å². The van der Waals surface area contributed by atoms with E-state index in [2.05, 4.69) is 16.0 Å². The van der Waals surface area contributed by atoms with E-state index < -0.39 is 5.60 Å². The Hall–Kier alpha value is -2.01. The Morgan fingerprint density at radius 1 is 1.33 bits per heavy atom. The number of aromatic nitrogens is 1. The summed E-state index contributed by atoms with van der Waals surface area (Å²) in [5.74, 6) is 0.506. The summed E-state index contributed by atoms with van der Waals surface area (Å²) in [5.41, 5.74) is 3.20. The Labute approximate surface area is 142 Å². The van der Waals surface area contributed by atoms with Gasteiger partial charge in [-0.25, -0.2) is 0 Å². The van der Waals surface area contributed by atoms with Gasteiger partial charge in [0, 0.05) is 49.3 Å². The Bertz CT molecular complexity index is 713. The summed E-state index contributed by atoms with van der Waals surface area (Å²) >= 11 is 0. The van der Waals surface area contributed by atoms with E-state index in [-0.39, 0.29) is 12.2 Å². The van der Waals surface area contributed by atoms with Gasteiger partial charge in [-0.3, -0.25) is 14.8 Å². The third-order valence-electron chi connectivity index (χ3n) is 5.43. The second kappa shape index (κ2) is 5.81. The van der Waals surface area contributed by atoms with Crippen molar-refractivity contribution in [2.75, 3.05) is 24.5 Å². The van der Waals surface area contributed by atoms with Gasteiger partial charge in [-0.05, 0) is 37.5 Å². The van der Waals surface area contributed by atoms with Crippen LogP contribution >= 0.6 is 0 Å². The molecule has 24 heavy (non-hydrogen) atoms. The predicted octanol–water partition coefficient (Wildman–Crippen LogP) is 2.16. The number of aliphatic hydroxyl groups is 1. The highest BCUT2D eigenvalue weighted by atomic mass is 16.3. The van der Waals surface area contributed by atoms with Crippen LogP contribution in [0.2, 0.25) is 0 Å². The number of pyridine rings is 1. The van der Waals surface area contributed by atoms with Crippen LogP contribution in [0.25, 0.3) is 0 Å². The van der Waals surface area contributed by atoms with Gasteiger partial charge in [-0.2, -0.15) is 0 Å². The van der Waals surface area contributed by atoms with Crippen molar-refractivity contribution in [3.63, 3.8) is 0 Å². The average Bonchev–Trinajstić information content (AvgIpc) is 3.00. The first kappa shape index (κ1) is 15.5. The zero-order valence-corrected chi connectivity index (χ0v) is 14.0. The lowest BCUT2D eigenvalue weighted by atomic mass is 9.74. The molecule has 1 aromatic heterocycles. The molecule has 0 spiro atoms. The molecule has 1 aromatic rings. The second-order valence-corrected chi connectivity index (χ2v) is 7.32. The number of carbonyl (C=O) groups excluding carboxylic acids is 1. The number of ketones is 1. The summed E-state index contributed by atoms with van der Waals surface area (Å²) in [6.45, 7) is 4.30. The Morgan fingerprint density at radius 3 is 2.83 bits per heavy atom. The molecule has 0 aromatic carbocycles. The van der Waals surface area contributed by atoms with Crippen LogP contribution in [-0.2, 0) is 4.79 Å². The van der Waals surface area contributed by atoms with Gasteiger partial charge in [0.1, 0.15) is 5.78 Å². The fourth-order valence-electron chi connectivity index (χ4n) is 4.38. The van der Waals surface area contributed by atoms with Gasteiger partial charge in [-0.1, -0.05) is 0 Å². The van der Waals surface area contributed by atoms with Crippen molar-refractivity contribution >= 4 is 17.2 Å². The van der Waals surface area contributed by atoms with Crippen molar-refractivity contribution in [1.82, 2.24) is 4.98 Å². The predicted molar refractivity (Wildman–Crippen MR) is 93.4 cm³/mol. The maximum absolute atomic E-state index is 11.8. The third kappa shape index (κ3) is 2.67. The molecular weight excluding hydrogens is 302 g/mol. The monoisotopic (exact) mass is 325 g/mol. The molecular formula is C19H23N3O2. The van der Waals surface area contributed by atoms with E-state index in [9.17, 15) is 9.90 Å². The highest BCUT2D eigenvalue weighted by molar-refractivity contribution is 6.08. The molecule has 1 atom stereocenters. The summed E-state index contributed by atoms with van der Waals surface area (Å²) in [6, 6.07) is 4.06. The SMILES string of the molecule is CC1(O)CC(=O)CC2=C1C(C1CCN(c3cccnc3)CC1)=NC2. The smallest absolute Gasteiger partial charge is 0.140 e. The van der Waals surface area contributed by atoms with E-state index in [0.717, 1.165) is 42.8 Å². The minimum atomic E-state index is -1.04. The van der Waals surface area contributed by atoms with Crippen molar-refractivity contribution in [2.45, 2.75) is 38.2 Å². The standard InChI is InChI=1S/C19H23N3O2/c1-19(24)10-16(23)9-14-11-21-18(17(14)19)13-4-7-22(8-5-13)15-3-2-6-20-12-15/h2-3,6,12-13,24H,4-5,7-11H2,1H3. The molecule has 5 heteroatoms. The van der Waals surface area contributed by atoms with Gasteiger partial charge in [0.2, 0.25) is 0 Å². The average molecular weight is 325 g/mol. The molecule has 4 rings (SSSR count). The van der Waals surface area contributed by atoms with Crippen LogP contribution in [0.1, 0.15) is 32.6 Å². The third-order valence-corrected chi connectivity index (χ3v) is 5.43. The summed E-state index contributed by atoms with van der Waals surface area (Å²) in [5, 5.41) is 10.8. The molecule has 3 aliphatic rings. The molecule has 2 aliphatic heterocycles. The number of piperidine rings is 1. The minimum Gasteiger partial charge on any atom is -0.385 e. The molecule has 0 amide bonds. The topological polar surface area (TPSA) is 65.8 Å². The zero-order chi connectivity index (χ0) is 16.7. The summed E-state index contributed by atoms with van der Waals surface area (Å²) in [4.78, 5) is 23.1. The minimum absolute atomic E-state index is 0.126. The van der Waals surface area contributed by atoms with E-state index in [4.69, 9.17) is 4.99 Å². The molecule has 1 unspecified atom stereocenters. The fraction of sp³-hybridized carbons (Fsp3) is 0.526. The van der Waals surface area contributed by atoms with Crippen LogP contribution in [0.5, 0.6) is 0 Å². The first-order chi connectivity index (χ1) is 11.5. The van der Waals surface area contributed by atoms with Crippen molar-refractivity contribution < 1.29 is 9.90 Å². The van der Waals surface area contributed by atoms with E-state index >= 15 is 0 Å². The Balaban J connectivity index is 1.50. The van der Waals surface area contributed by atoms with Gasteiger partial charge >= 0.3 is 0 Å².